The standard InChI is InChI=1S/C51H31N3S2/c1-4-15-32(16-5-1)35-21-12-22-36(29-35)43-30-37(31-44-39-23-10-11-28-45(39)55-48(43)44)38-24-13-25-40-41-26-14-27-42(47(41)56-46(38)40)51-53-49(33-17-6-2-7-18-33)52-50(54-51)34-19-8-3-9-20-34/h1-31H. The van der Waals surface area contributed by atoms with Gasteiger partial charge in [-0.25, -0.2) is 15.0 Å². The molecule has 0 saturated carbocycles. The monoisotopic (exact) mass is 749 g/mol. The Morgan fingerprint density at radius 2 is 0.768 bits per heavy atom. The van der Waals surface area contributed by atoms with Crippen LogP contribution in [0.5, 0.6) is 0 Å². The van der Waals surface area contributed by atoms with Crippen LogP contribution in [0.15, 0.2) is 188 Å². The molecule has 0 aliphatic rings. The van der Waals surface area contributed by atoms with E-state index in [-0.39, 0.29) is 0 Å². The maximum absolute atomic E-state index is 5.12. The van der Waals surface area contributed by atoms with E-state index in [9.17, 15) is 0 Å². The number of nitrogens with zero attached hydrogens (tertiary/aromatic N) is 3. The molecule has 56 heavy (non-hydrogen) atoms. The Morgan fingerprint density at radius 3 is 1.46 bits per heavy atom. The van der Waals surface area contributed by atoms with Crippen LogP contribution < -0.4 is 0 Å². The lowest BCUT2D eigenvalue weighted by atomic mass is 9.93. The third-order valence-electron chi connectivity index (χ3n) is 10.5. The summed E-state index contributed by atoms with van der Waals surface area (Å²) in [5, 5.41) is 5.01. The molecule has 0 aliphatic carbocycles. The van der Waals surface area contributed by atoms with Gasteiger partial charge in [0.25, 0.3) is 0 Å². The fourth-order valence-electron chi connectivity index (χ4n) is 7.85. The molecule has 3 nitrogen and oxygen atoms in total. The van der Waals surface area contributed by atoms with Crippen LogP contribution in [-0.4, -0.2) is 15.0 Å². The fourth-order valence-corrected chi connectivity index (χ4v) is 10.4. The Morgan fingerprint density at radius 1 is 0.268 bits per heavy atom. The van der Waals surface area contributed by atoms with Crippen molar-refractivity contribution in [2.45, 2.75) is 0 Å². The summed E-state index contributed by atoms with van der Waals surface area (Å²) in [6.07, 6.45) is 0. The zero-order valence-corrected chi connectivity index (χ0v) is 31.7. The Hall–Kier alpha value is -6.79. The molecule has 8 aromatic carbocycles. The summed E-state index contributed by atoms with van der Waals surface area (Å²) in [7, 11) is 0. The van der Waals surface area contributed by atoms with Gasteiger partial charge in [0.05, 0.1) is 0 Å². The number of hydrogen-bond donors (Lipinski definition) is 0. The molecule has 11 aromatic rings. The van der Waals surface area contributed by atoms with Crippen molar-refractivity contribution < 1.29 is 0 Å². The van der Waals surface area contributed by atoms with Gasteiger partial charge in [0.1, 0.15) is 0 Å². The smallest absolute Gasteiger partial charge is 0.165 e. The van der Waals surface area contributed by atoms with Gasteiger partial charge in [-0.3, -0.25) is 0 Å². The van der Waals surface area contributed by atoms with Gasteiger partial charge in [-0.15, -0.1) is 22.7 Å². The molecule has 3 heterocycles. The Kier molecular flexibility index (Phi) is 7.87. The molecule has 11 rings (SSSR count). The van der Waals surface area contributed by atoms with Crippen LogP contribution in [0.25, 0.3) is 108 Å². The summed E-state index contributed by atoms with van der Waals surface area (Å²) in [4.78, 5) is 15.2. The number of thiophene rings is 2. The van der Waals surface area contributed by atoms with Crippen LogP contribution in [0.3, 0.4) is 0 Å². The Balaban J connectivity index is 1.13. The second kappa shape index (κ2) is 13.5. The summed E-state index contributed by atoms with van der Waals surface area (Å²) in [6.45, 7) is 0. The highest BCUT2D eigenvalue weighted by atomic mass is 32.1. The quantitative estimate of drug-likeness (QED) is 0.170. The molecule has 0 bridgehead atoms. The van der Waals surface area contributed by atoms with Crippen LogP contribution in [0.4, 0.5) is 0 Å². The van der Waals surface area contributed by atoms with Gasteiger partial charge in [-0.2, -0.15) is 0 Å². The van der Waals surface area contributed by atoms with E-state index in [0.29, 0.717) is 17.5 Å². The molecule has 0 aliphatic heterocycles. The Bertz CT molecular complexity index is 3180. The molecule has 262 valence electrons. The lowest BCUT2D eigenvalue weighted by Crippen LogP contribution is -2.00. The molecule has 0 N–H and O–H groups in total. The number of fused-ring (bicyclic) bond motifs is 6. The molecular formula is C51H31N3S2. The predicted octanol–water partition coefficient (Wildman–Crippen LogP) is 14.6. The first-order valence-electron chi connectivity index (χ1n) is 18.7. The first-order valence-corrected chi connectivity index (χ1v) is 20.3. The van der Waals surface area contributed by atoms with Crippen molar-refractivity contribution in [1.29, 1.82) is 0 Å². The van der Waals surface area contributed by atoms with E-state index in [1.807, 2.05) is 59.1 Å². The van der Waals surface area contributed by atoms with Crippen LogP contribution in [0.1, 0.15) is 0 Å². The van der Waals surface area contributed by atoms with Crippen molar-refractivity contribution in [3.05, 3.63) is 188 Å². The number of rotatable bonds is 6. The lowest BCUT2D eigenvalue weighted by molar-refractivity contribution is 1.08. The van der Waals surface area contributed by atoms with Crippen molar-refractivity contribution in [2.75, 3.05) is 0 Å². The van der Waals surface area contributed by atoms with E-state index in [0.717, 1.165) is 21.4 Å². The molecule has 0 saturated heterocycles. The van der Waals surface area contributed by atoms with E-state index in [1.165, 1.54) is 69.0 Å². The molecule has 0 fully saturated rings. The SMILES string of the molecule is c1ccc(-c2cccc(-c3cc(-c4cccc5c4sc4c(-c6nc(-c7ccccc7)nc(-c7ccccc7)n6)cccc45)cc4c3sc3ccccc34)c2)cc1. The zero-order chi connectivity index (χ0) is 37.0. The van der Waals surface area contributed by atoms with Crippen molar-refractivity contribution >= 4 is 63.0 Å². The van der Waals surface area contributed by atoms with Gasteiger partial charge in [0.15, 0.2) is 17.5 Å². The highest BCUT2D eigenvalue weighted by Gasteiger charge is 2.20. The third kappa shape index (κ3) is 5.60. The van der Waals surface area contributed by atoms with E-state index in [1.54, 1.807) is 0 Å². The zero-order valence-electron chi connectivity index (χ0n) is 30.1. The maximum Gasteiger partial charge on any atom is 0.165 e. The summed E-state index contributed by atoms with van der Waals surface area (Å²) in [5.41, 5.74) is 10.2. The minimum absolute atomic E-state index is 0.661. The minimum Gasteiger partial charge on any atom is -0.208 e. The van der Waals surface area contributed by atoms with Crippen molar-refractivity contribution in [1.82, 2.24) is 15.0 Å². The van der Waals surface area contributed by atoms with Crippen molar-refractivity contribution in [3.8, 4) is 67.5 Å². The van der Waals surface area contributed by atoms with E-state index < -0.39 is 0 Å². The molecule has 0 spiro atoms. The average Bonchev–Trinajstić information content (AvgIpc) is 3.86. The van der Waals surface area contributed by atoms with Gasteiger partial charge in [0.2, 0.25) is 0 Å². The average molecular weight is 750 g/mol. The van der Waals surface area contributed by atoms with Gasteiger partial charge in [-0.1, -0.05) is 158 Å². The minimum atomic E-state index is 0.661. The summed E-state index contributed by atoms with van der Waals surface area (Å²) >= 11 is 3.70. The molecule has 0 unspecified atom stereocenters. The number of hydrogen-bond acceptors (Lipinski definition) is 5. The van der Waals surface area contributed by atoms with Crippen LogP contribution in [0.2, 0.25) is 0 Å². The normalized spacial score (nSPS) is 11.6. The largest absolute Gasteiger partial charge is 0.208 e. The summed E-state index contributed by atoms with van der Waals surface area (Å²) < 4.78 is 5.02. The second-order valence-electron chi connectivity index (χ2n) is 14.0. The highest BCUT2D eigenvalue weighted by Crippen LogP contribution is 2.47. The number of aromatic nitrogens is 3. The molecule has 5 heteroatoms. The molecular weight excluding hydrogens is 719 g/mol. The van der Waals surface area contributed by atoms with Crippen molar-refractivity contribution in [3.63, 3.8) is 0 Å². The van der Waals surface area contributed by atoms with Gasteiger partial charge >= 0.3 is 0 Å². The second-order valence-corrected chi connectivity index (χ2v) is 16.0. The first kappa shape index (κ1) is 32.6. The third-order valence-corrected chi connectivity index (χ3v) is 13.0. The lowest BCUT2D eigenvalue weighted by Gasteiger charge is -2.11. The van der Waals surface area contributed by atoms with Crippen LogP contribution in [-0.2, 0) is 0 Å². The molecule has 0 radical (unpaired) electrons. The van der Waals surface area contributed by atoms with E-state index in [4.69, 9.17) is 15.0 Å². The molecule has 3 aromatic heterocycles. The number of benzene rings is 8. The summed E-state index contributed by atoms with van der Waals surface area (Å²) in [6, 6.07) is 66.8. The van der Waals surface area contributed by atoms with Crippen LogP contribution >= 0.6 is 22.7 Å². The van der Waals surface area contributed by atoms with Crippen LogP contribution in [0, 0.1) is 0 Å². The van der Waals surface area contributed by atoms with E-state index in [2.05, 4.69) is 152 Å². The predicted molar refractivity (Wildman–Crippen MR) is 238 cm³/mol. The van der Waals surface area contributed by atoms with Gasteiger partial charge in [-0.05, 0) is 58.1 Å². The fraction of sp³-hybridized carbons (Fsp3) is 0. The maximum atomic E-state index is 5.12. The van der Waals surface area contributed by atoms with Gasteiger partial charge < -0.3 is 0 Å². The first-order chi connectivity index (χ1) is 27.7. The molecule has 0 amide bonds. The topological polar surface area (TPSA) is 38.7 Å². The van der Waals surface area contributed by atoms with Gasteiger partial charge in [0, 0.05) is 62.6 Å². The highest BCUT2D eigenvalue weighted by molar-refractivity contribution is 7.27. The molecule has 0 atom stereocenters. The summed E-state index contributed by atoms with van der Waals surface area (Å²) in [5.74, 6) is 1.99. The van der Waals surface area contributed by atoms with E-state index >= 15 is 0 Å². The van der Waals surface area contributed by atoms with Crippen molar-refractivity contribution in [2.24, 2.45) is 0 Å². The Labute approximate surface area is 331 Å².